The van der Waals surface area contributed by atoms with Crippen LogP contribution in [0.5, 0.6) is 0 Å². The summed E-state index contributed by atoms with van der Waals surface area (Å²) in [6.45, 7) is 11.7. The van der Waals surface area contributed by atoms with E-state index in [9.17, 15) is 0 Å². The Morgan fingerprint density at radius 1 is 0.850 bits per heavy atom. The molecule has 0 heterocycles. The molecule has 20 heavy (non-hydrogen) atoms. The van der Waals surface area contributed by atoms with E-state index in [1.807, 2.05) is 0 Å². The summed E-state index contributed by atoms with van der Waals surface area (Å²) in [4.78, 5) is 2.42. The zero-order valence-corrected chi connectivity index (χ0v) is 13.8. The third kappa shape index (κ3) is 14.2. The van der Waals surface area contributed by atoms with E-state index < -0.39 is 0 Å². The normalized spacial score (nSPS) is 11.7. The fraction of sp³-hybridized carbons (Fsp3) is 1.00. The van der Waals surface area contributed by atoms with Gasteiger partial charge in [-0.15, -0.1) is 0 Å². The van der Waals surface area contributed by atoms with E-state index in [4.69, 9.17) is 14.2 Å². The Morgan fingerprint density at radius 3 is 2.25 bits per heavy atom. The molecule has 0 aliphatic carbocycles. The first-order chi connectivity index (χ1) is 9.70. The summed E-state index contributed by atoms with van der Waals surface area (Å²) in [7, 11) is 3.50. The number of hydrogen-bond acceptors (Lipinski definition) is 5. The Bertz CT molecular complexity index is 192. The third-order valence-electron chi connectivity index (χ3n) is 2.99. The van der Waals surface area contributed by atoms with E-state index in [1.54, 1.807) is 14.2 Å². The molecule has 0 rings (SSSR count). The van der Waals surface area contributed by atoms with Gasteiger partial charge in [-0.2, -0.15) is 0 Å². The molecule has 0 saturated carbocycles. The minimum atomic E-state index is 0.334. The fourth-order valence-corrected chi connectivity index (χ4v) is 1.87. The lowest BCUT2D eigenvalue weighted by Gasteiger charge is -2.22. The number of ether oxygens (including phenoxy) is 3. The van der Waals surface area contributed by atoms with Crippen LogP contribution < -0.4 is 5.32 Å². The molecule has 0 aromatic heterocycles. The molecule has 0 saturated heterocycles. The highest BCUT2D eigenvalue weighted by Gasteiger charge is 2.04. The molecular weight excluding hydrogens is 256 g/mol. The van der Waals surface area contributed by atoms with E-state index in [2.05, 4.69) is 24.1 Å². The van der Waals surface area contributed by atoms with Gasteiger partial charge in [-0.25, -0.2) is 0 Å². The predicted molar refractivity (Wildman–Crippen MR) is 83.4 cm³/mol. The van der Waals surface area contributed by atoms with Gasteiger partial charge in [0.25, 0.3) is 0 Å². The first-order valence-corrected chi connectivity index (χ1v) is 7.73. The Labute approximate surface area is 124 Å². The Balaban J connectivity index is 3.51. The van der Waals surface area contributed by atoms with Crippen LogP contribution >= 0.6 is 0 Å². The lowest BCUT2D eigenvalue weighted by Crippen LogP contribution is -2.36. The minimum absolute atomic E-state index is 0.334. The molecule has 0 aliphatic rings. The van der Waals surface area contributed by atoms with Gasteiger partial charge >= 0.3 is 0 Å². The summed E-state index contributed by atoms with van der Waals surface area (Å²) >= 11 is 0. The molecule has 5 heteroatoms. The second-order valence-electron chi connectivity index (χ2n) is 5.20. The number of nitrogens with one attached hydrogen (secondary N) is 1. The number of methoxy groups -OCH3 is 2. The predicted octanol–water partition coefficient (Wildman–Crippen LogP) is 1.38. The van der Waals surface area contributed by atoms with Crippen LogP contribution in [0.2, 0.25) is 0 Å². The maximum absolute atomic E-state index is 5.51. The lowest BCUT2D eigenvalue weighted by molar-refractivity contribution is 0.0769. The van der Waals surface area contributed by atoms with E-state index in [1.165, 1.54) is 0 Å². The summed E-state index contributed by atoms with van der Waals surface area (Å²) in [6.07, 6.45) is 2.47. The van der Waals surface area contributed by atoms with Gasteiger partial charge < -0.3 is 19.5 Å². The molecule has 0 radical (unpaired) electrons. The summed E-state index contributed by atoms with van der Waals surface area (Å²) < 4.78 is 15.8. The van der Waals surface area contributed by atoms with Crippen molar-refractivity contribution < 1.29 is 14.2 Å². The van der Waals surface area contributed by atoms with Crippen molar-refractivity contribution in [3.05, 3.63) is 0 Å². The highest BCUT2D eigenvalue weighted by molar-refractivity contribution is 4.60. The maximum atomic E-state index is 5.51. The topological polar surface area (TPSA) is 43.0 Å². The van der Waals surface area contributed by atoms with Crippen LogP contribution in [0.25, 0.3) is 0 Å². The van der Waals surface area contributed by atoms with Gasteiger partial charge in [0.2, 0.25) is 0 Å². The van der Waals surface area contributed by atoms with E-state index in [0.29, 0.717) is 6.10 Å². The minimum Gasteiger partial charge on any atom is -0.385 e. The van der Waals surface area contributed by atoms with E-state index >= 15 is 0 Å². The van der Waals surface area contributed by atoms with Gasteiger partial charge in [0.15, 0.2) is 0 Å². The summed E-state index contributed by atoms with van der Waals surface area (Å²) in [5, 5.41) is 3.46. The van der Waals surface area contributed by atoms with Gasteiger partial charge in [0.1, 0.15) is 0 Å². The molecule has 0 aromatic carbocycles. The average molecular weight is 290 g/mol. The van der Waals surface area contributed by atoms with Crippen molar-refractivity contribution in [2.24, 2.45) is 0 Å². The van der Waals surface area contributed by atoms with Crippen molar-refractivity contribution in [1.29, 1.82) is 0 Å². The summed E-state index contributed by atoms with van der Waals surface area (Å²) in [5.41, 5.74) is 0. The van der Waals surface area contributed by atoms with E-state index in [0.717, 1.165) is 65.4 Å². The second-order valence-corrected chi connectivity index (χ2v) is 5.20. The zero-order chi connectivity index (χ0) is 15.1. The zero-order valence-electron chi connectivity index (χ0n) is 13.8. The van der Waals surface area contributed by atoms with Crippen LogP contribution in [-0.2, 0) is 14.2 Å². The number of rotatable bonds is 15. The van der Waals surface area contributed by atoms with Crippen LogP contribution in [0.3, 0.4) is 0 Å². The fourth-order valence-electron chi connectivity index (χ4n) is 1.87. The molecule has 1 N–H and O–H groups in total. The molecular formula is C15H34N2O3. The van der Waals surface area contributed by atoms with Crippen LogP contribution in [0.1, 0.15) is 26.7 Å². The molecule has 0 aromatic rings. The molecule has 0 fully saturated rings. The Kier molecular flexibility index (Phi) is 15.0. The van der Waals surface area contributed by atoms with E-state index in [-0.39, 0.29) is 0 Å². The van der Waals surface area contributed by atoms with Crippen molar-refractivity contribution in [1.82, 2.24) is 10.2 Å². The van der Waals surface area contributed by atoms with Gasteiger partial charge in [-0.3, -0.25) is 4.90 Å². The largest absolute Gasteiger partial charge is 0.385 e. The monoisotopic (exact) mass is 290 g/mol. The van der Waals surface area contributed by atoms with Crippen molar-refractivity contribution in [2.75, 3.05) is 66.8 Å². The van der Waals surface area contributed by atoms with Crippen LogP contribution in [0.15, 0.2) is 0 Å². The van der Waals surface area contributed by atoms with Crippen molar-refractivity contribution in [2.45, 2.75) is 32.8 Å². The van der Waals surface area contributed by atoms with Crippen LogP contribution in [0.4, 0.5) is 0 Å². The summed E-state index contributed by atoms with van der Waals surface area (Å²) in [5.74, 6) is 0. The third-order valence-corrected chi connectivity index (χ3v) is 2.99. The Morgan fingerprint density at radius 2 is 1.60 bits per heavy atom. The average Bonchev–Trinajstić information content (AvgIpc) is 2.42. The van der Waals surface area contributed by atoms with Crippen molar-refractivity contribution in [3.63, 3.8) is 0 Å². The second kappa shape index (κ2) is 15.2. The molecule has 5 nitrogen and oxygen atoms in total. The van der Waals surface area contributed by atoms with Crippen LogP contribution in [0, 0.1) is 0 Å². The molecule has 0 amide bonds. The highest BCUT2D eigenvalue weighted by Crippen LogP contribution is 1.93. The summed E-state index contributed by atoms with van der Waals surface area (Å²) in [6, 6.07) is 0. The smallest absolute Gasteiger partial charge is 0.0589 e. The highest BCUT2D eigenvalue weighted by atomic mass is 16.5. The number of hydrogen-bond donors (Lipinski definition) is 1. The lowest BCUT2D eigenvalue weighted by atomic mass is 10.3. The first kappa shape index (κ1) is 19.8. The molecule has 0 unspecified atom stereocenters. The molecule has 0 aliphatic heterocycles. The standard InChI is InChI=1S/C15H34N2O3/c1-15(2)20-13-5-7-16-8-10-17(11-14-19-4)9-6-12-18-3/h15-16H,5-14H2,1-4H3. The molecule has 0 spiro atoms. The number of nitrogens with zero attached hydrogens (tertiary/aromatic N) is 1. The van der Waals surface area contributed by atoms with Gasteiger partial charge in [0, 0.05) is 53.6 Å². The van der Waals surface area contributed by atoms with Crippen molar-refractivity contribution >= 4 is 0 Å². The Hall–Kier alpha value is -0.200. The first-order valence-electron chi connectivity index (χ1n) is 7.73. The quantitative estimate of drug-likeness (QED) is 0.462. The molecule has 0 atom stereocenters. The SMILES string of the molecule is COCCCN(CCNCCCOC(C)C)CCOC. The van der Waals surface area contributed by atoms with Gasteiger partial charge in [-0.1, -0.05) is 0 Å². The van der Waals surface area contributed by atoms with Crippen LogP contribution in [-0.4, -0.2) is 77.8 Å². The van der Waals surface area contributed by atoms with Gasteiger partial charge in [-0.05, 0) is 33.2 Å². The molecule has 122 valence electrons. The molecule has 0 bridgehead atoms. The van der Waals surface area contributed by atoms with Crippen molar-refractivity contribution in [3.8, 4) is 0 Å². The maximum Gasteiger partial charge on any atom is 0.0589 e. The van der Waals surface area contributed by atoms with Gasteiger partial charge in [0.05, 0.1) is 12.7 Å².